The second-order valence-electron chi connectivity index (χ2n) is 4.48. The Morgan fingerprint density at radius 3 is 2.65 bits per heavy atom. The molecule has 0 bridgehead atoms. The Kier molecular flexibility index (Phi) is 2.92. The van der Waals surface area contributed by atoms with Gasteiger partial charge in [0.25, 0.3) is 0 Å². The van der Waals surface area contributed by atoms with Gasteiger partial charge in [-0.1, -0.05) is 26.8 Å². The highest BCUT2D eigenvalue weighted by Crippen LogP contribution is 2.29. The zero-order valence-electron chi connectivity index (χ0n) is 10.3. The molecule has 2 aromatic rings. The first-order chi connectivity index (χ1) is 8.04. The molecule has 0 aliphatic heterocycles. The first kappa shape index (κ1) is 11.7. The van der Waals surface area contributed by atoms with Gasteiger partial charge < -0.3 is 9.52 Å². The summed E-state index contributed by atoms with van der Waals surface area (Å²) in [5.41, 5.74) is 2.64. The van der Waals surface area contributed by atoms with Crippen LogP contribution in [-0.4, -0.2) is 11.1 Å². The van der Waals surface area contributed by atoms with E-state index in [0.29, 0.717) is 17.9 Å². The third-order valence-corrected chi connectivity index (χ3v) is 3.03. The number of hydrogen-bond acceptors (Lipinski definition) is 2. The molecule has 0 aliphatic carbocycles. The van der Waals surface area contributed by atoms with E-state index >= 15 is 0 Å². The molecular formula is C14H16O3. The van der Waals surface area contributed by atoms with Crippen molar-refractivity contribution in [2.24, 2.45) is 0 Å². The Morgan fingerprint density at radius 1 is 1.41 bits per heavy atom. The second kappa shape index (κ2) is 4.24. The Bertz CT molecular complexity index is 564. The molecule has 0 spiro atoms. The predicted octanol–water partition coefficient (Wildman–Crippen LogP) is 3.82. The second-order valence-corrected chi connectivity index (χ2v) is 4.48. The van der Waals surface area contributed by atoms with Crippen LogP contribution in [-0.2, 0) is 6.42 Å². The monoisotopic (exact) mass is 232 g/mol. The number of benzene rings is 1. The van der Waals surface area contributed by atoms with E-state index in [-0.39, 0.29) is 5.76 Å². The van der Waals surface area contributed by atoms with Gasteiger partial charge in [0.1, 0.15) is 5.58 Å². The Morgan fingerprint density at radius 2 is 2.12 bits per heavy atom. The minimum absolute atomic E-state index is 0.0726. The summed E-state index contributed by atoms with van der Waals surface area (Å²) >= 11 is 0. The summed E-state index contributed by atoms with van der Waals surface area (Å²) in [5.74, 6) is -0.500. The normalized spacial score (nSPS) is 11.3. The van der Waals surface area contributed by atoms with Crippen molar-refractivity contribution < 1.29 is 14.3 Å². The first-order valence-electron chi connectivity index (χ1n) is 5.83. The van der Waals surface area contributed by atoms with Crippen LogP contribution in [0.2, 0.25) is 0 Å². The molecule has 2 rings (SSSR count). The van der Waals surface area contributed by atoms with Crippen LogP contribution in [0.3, 0.4) is 0 Å². The van der Waals surface area contributed by atoms with E-state index in [4.69, 9.17) is 9.52 Å². The smallest absolute Gasteiger partial charge is 0.372 e. The van der Waals surface area contributed by atoms with Gasteiger partial charge in [-0.25, -0.2) is 4.79 Å². The van der Waals surface area contributed by atoms with Gasteiger partial charge in [-0.3, -0.25) is 0 Å². The lowest BCUT2D eigenvalue weighted by molar-refractivity contribution is 0.0663. The molecule has 3 heteroatoms. The molecule has 17 heavy (non-hydrogen) atoms. The van der Waals surface area contributed by atoms with Crippen molar-refractivity contribution in [2.75, 3.05) is 0 Å². The fourth-order valence-corrected chi connectivity index (χ4v) is 2.05. The van der Waals surface area contributed by atoms with Gasteiger partial charge in [0.2, 0.25) is 5.76 Å². The minimum Gasteiger partial charge on any atom is -0.475 e. The Balaban J connectivity index is 2.71. The highest BCUT2D eigenvalue weighted by atomic mass is 16.4. The largest absolute Gasteiger partial charge is 0.475 e. The van der Waals surface area contributed by atoms with Gasteiger partial charge in [0.15, 0.2) is 0 Å². The average Bonchev–Trinajstić information content (AvgIpc) is 2.66. The highest BCUT2D eigenvalue weighted by Gasteiger charge is 2.18. The molecule has 0 atom stereocenters. The van der Waals surface area contributed by atoms with Crippen LogP contribution >= 0.6 is 0 Å². The molecule has 0 amide bonds. The van der Waals surface area contributed by atoms with E-state index in [1.54, 1.807) is 0 Å². The summed E-state index contributed by atoms with van der Waals surface area (Å²) in [6.45, 7) is 6.18. The van der Waals surface area contributed by atoms with Crippen molar-refractivity contribution >= 4 is 16.9 Å². The van der Waals surface area contributed by atoms with Gasteiger partial charge >= 0.3 is 5.97 Å². The fraction of sp³-hybridized carbons (Fsp3) is 0.357. The lowest BCUT2D eigenvalue weighted by Gasteiger charge is -2.04. The van der Waals surface area contributed by atoms with Crippen molar-refractivity contribution in [3.63, 3.8) is 0 Å². The maximum Gasteiger partial charge on any atom is 0.372 e. The zero-order valence-corrected chi connectivity index (χ0v) is 10.3. The highest BCUT2D eigenvalue weighted by molar-refractivity contribution is 5.95. The van der Waals surface area contributed by atoms with Gasteiger partial charge in [0, 0.05) is 10.9 Å². The molecule has 0 aliphatic rings. The fourth-order valence-electron chi connectivity index (χ4n) is 2.05. The van der Waals surface area contributed by atoms with Gasteiger partial charge in [-0.2, -0.15) is 0 Å². The molecule has 1 aromatic heterocycles. The summed E-state index contributed by atoms with van der Waals surface area (Å²) in [6.07, 6.45) is 0.663. The van der Waals surface area contributed by atoms with Crippen molar-refractivity contribution in [1.82, 2.24) is 0 Å². The molecule has 0 fully saturated rings. The summed E-state index contributed by atoms with van der Waals surface area (Å²) in [7, 11) is 0. The number of fused-ring (bicyclic) bond motifs is 1. The van der Waals surface area contributed by atoms with E-state index < -0.39 is 5.97 Å². The number of carboxylic acids is 1. The molecule has 90 valence electrons. The molecule has 0 radical (unpaired) electrons. The van der Waals surface area contributed by atoms with Gasteiger partial charge in [-0.15, -0.1) is 0 Å². The van der Waals surface area contributed by atoms with Crippen molar-refractivity contribution in [1.29, 1.82) is 0 Å². The average molecular weight is 232 g/mol. The van der Waals surface area contributed by atoms with Crippen LogP contribution in [0.4, 0.5) is 0 Å². The number of aromatic carboxylic acids is 1. The third kappa shape index (κ3) is 1.93. The Labute approximate surface area is 100 Å². The minimum atomic E-state index is -0.996. The van der Waals surface area contributed by atoms with E-state index in [2.05, 4.69) is 13.8 Å². The molecule has 1 N–H and O–H groups in total. The molecule has 1 heterocycles. The van der Waals surface area contributed by atoms with E-state index in [1.807, 2.05) is 25.1 Å². The zero-order chi connectivity index (χ0) is 12.6. The van der Waals surface area contributed by atoms with Crippen LogP contribution in [0.1, 0.15) is 48.4 Å². The number of hydrogen-bond donors (Lipinski definition) is 1. The van der Waals surface area contributed by atoms with Crippen LogP contribution in [0.25, 0.3) is 11.0 Å². The van der Waals surface area contributed by atoms with Crippen LogP contribution in [0.15, 0.2) is 22.6 Å². The molecule has 3 nitrogen and oxygen atoms in total. The lowest BCUT2D eigenvalue weighted by Crippen LogP contribution is -1.97. The van der Waals surface area contributed by atoms with Crippen LogP contribution < -0.4 is 0 Å². The van der Waals surface area contributed by atoms with Crippen molar-refractivity contribution in [2.45, 2.75) is 33.1 Å². The van der Waals surface area contributed by atoms with E-state index in [1.165, 1.54) is 5.56 Å². The molecule has 0 unspecified atom stereocenters. The van der Waals surface area contributed by atoms with Crippen LogP contribution in [0.5, 0.6) is 0 Å². The number of aryl methyl sites for hydroxylation is 1. The van der Waals surface area contributed by atoms with E-state index in [0.717, 1.165) is 10.9 Å². The maximum absolute atomic E-state index is 11.1. The molecule has 0 saturated heterocycles. The quantitative estimate of drug-likeness (QED) is 0.875. The first-order valence-corrected chi connectivity index (χ1v) is 5.83. The number of carboxylic acid groups (broad SMARTS) is 1. The summed E-state index contributed by atoms with van der Waals surface area (Å²) < 4.78 is 5.39. The number of carbonyl (C=O) groups is 1. The Hall–Kier alpha value is -1.77. The predicted molar refractivity (Wildman–Crippen MR) is 66.6 cm³/mol. The van der Waals surface area contributed by atoms with Crippen molar-refractivity contribution in [3.8, 4) is 0 Å². The molecule has 1 aromatic carbocycles. The van der Waals surface area contributed by atoms with Gasteiger partial charge in [-0.05, 0) is 30.0 Å². The SMILES string of the molecule is CCc1c(C(=O)O)oc2ccc(C(C)C)cc12. The maximum atomic E-state index is 11.1. The summed E-state index contributed by atoms with van der Waals surface area (Å²) in [4.78, 5) is 11.1. The molecular weight excluding hydrogens is 216 g/mol. The standard InChI is InChI=1S/C14H16O3/c1-4-10-11-7-9(8(2)3)5-6-12(11)17-13(10)14(15)16/h5-8H,4H2,1-3H3,(H,15,16). The van der Waals surface area contributed by atoms with Crippen LogP contribution in [0, 0.1) is 0 Å². The topological polar surface area (TPSA) is 50.4 Å². The number of furan rings is 1. The van der Waals surface area contributed by atoms with Crippen molar-refractivity contribution in [3.05, 3.63) is 35.1 Å². The third-order valence-electron chi connectivity index (χ3n) is 3.03. The number of rotatable bonds is 3. The summed E-state index contributed by atoms with van der Waals surface area (Å²) in [6, 6.07) is 5.88. The summed E-state index contributed by atoms with van der Waals surface area (Å²) in [5, 5.41) is 10.0. The molecule has 0 saturated carbocycles. The van der Waals surface area contributed by atoms with Gasteiger partial charge in [0.05, 0.1) is 0 Å². The van der Waals surface area contributed by atoms with E-state index in [9.17, 15) is 4.79 Å². The lowest BCUT2D eigenvalue weighted by atomic mass is 9.99.